The highest BCUT2D eigenvalue weighted by atomic mass is 32.2. The molecule has 0 spiro atoms. The highest BCUT2D eigenvalue weighted by molar-refractivity contribution is 8.00. The maximum absolute atomic E-state index is 6.44. The van der Waals surface area contributed by atoms with E-state index in [2.05, 4.69) is 0 Å². The van der Waals surface area contributed by atoms with Crippen molar-refractivity contribution in [1.29, 1.82) is 0 Å². The Morgan fingerprint density at radius 1 is 0.611 bits per heavy atom. The zero-order valence-electron chi connectivity index (χ0n) is 21.1. The lowest BCUT2D eigenvalue weighted by Crippen LogP contribution is -2.36. The van der Waals surface area contributed by atoms with Crippen molar-refractivity contribution in [1.82, 2.24) is 0 Å². The monoisotopic (exact) mass is 510 g/mol. The Labute approximate surface area is 217 Å². The van der Waals surface area contributed by atoms with E-state index in [9.17, 15) is 0 Å². The molecule has 0 N–H and O–H groups in total. The normalized spacial score (nSPS) is 19.2. The van der Waals surface area contributed by atoms with Gasteiger partial charge in [0.1, 0.15) is 17.2 Å². The lowest BCUT2D eigenvalue weighted by Gasteiger charge is -2.25. The van der Waals surface area contributed by atoms with Crippen LogP contribution in [0.5, 0.6) is 17.2 Å². The van der Waals surface area contributed by atoms with Crippen molar-refractivity contribution in [2.24, 2.45) is 0 Å². The Kier molecular flexibility index (Phi) is 9.93. The SMILES string of the molecule is COc1ccc(COC[C@@H]2SC[C@@H](OCc3ccc(OC)cc3)[C@H]2OCc2ccc(OC)cc2)cc1. The lowest BCUT2D eigenvalue weighted by molar-refractivity contribution is -0.0768. The molecule has 4 rings (SSSR count). The van der Waals surface area contributed by atoms with Gasteiger partial charge in [-0.1, -0.05) is 36.4 Å². The standard InChI is InChI=1S/C29H34O6S/c1-30-24-10-4-21(5-11-24)16-33-19-28-29(35-18-23-8-14-26(32-3)15-9-23)27(20-36-28)34-17-22-6-12-25(31-2)13-7-22/h4-15,27-29H,16-20H2,1-3H3/t27-,28+,29-/m1/s1. The molecule has 0 saturated carbocycles. The molecule has 1 aliphatic rings. The molecule has 0 aliphatic carbocycles. The van der Waals surface area contributed by atoms with Crippen LogP contribution < -0.4 is 14.2 Å². The van der Waals surface area contributed by atoms with E-state index in [4.69, 9.17) is 28.4 Å². The molecule has 0 amide bonds. The Morgan fingerprint density at radius 2 is 1.06 bits per heavy atom. The third-order valence-corrected chi connectivity index (χ3v) is 7.50. The summed E-state index contributed by atoms with van der Waals surface area (Å²) in [5.74, 6) is 3.37. The predicted octanol–water partition coefficient (Wildman–Crippen LogP) is 5.52. The molecule has 3 aromatic carbocycles. The molecule has 1 fully saturated rings. The summed E-state index contributed by atoms with van der Waals surface area (Å²) < 4.78 is 34.6. The summed E-state index contributed by atoms with van der Waals surface area (Å²) in [6.07, 6.45) is -0.101. The van der Waals surface area contributed by atoms with Crippen LogP contribution in [0.25, 0.3) is 0 Å². The Bertz CT molecular complexity index is 1040. The van der Waals surface area contributed by atoms with E-state index in [1.165, 1.54) is 0 Å². The van der Waals surface area contributed by atoms with E-state index in [1.807, 2.05) is 84.6 Å². The van der Waals surface area contributed by atoms with Crippen LogP contribution in [0.3, 0.4) is 0 Å². The first-order valence-corrected chi connectivity index (χ1v) is 13.0. The number of ether oxygens (including phenoxy) is 6. The lowest BCUT2D eigenvalue weighted by atomic mass is 10.1. The van der Waals surface area contributed by atoms with Gasteiger partial charge in [-0.05, 0) is 53.1 Å². The summed E-state index contributed by atoms with van der Waals surface area (Å²) in [6, 6.07) is 23.9. The minimum Gasteiger partial charge on any atom is -0.497 e. The fourth-order valence-corrected chi connectivity index (χ4v) is 5.36. The minimum absolute atomic E-state index is 0.0232. The van der Waals surface area contributed by atoms with Gasteiger partial charge in [0.05, 0.1) is 65.2 Å². The molecule has 1 aliphatic heterocycles. The van der Waals surface area contributed by atoms with Gasteiger partial charge < -0.3 is 28.4 Å². The van der Waals surface area contributed by atoms with E-state index < -0.39 is 0 Å². The third-order valence-electron chi connectivity index (χ3n) is 6.14. The Balaban J connectivity index is 1.35. The molecular weight excluding hydrogens is 476 g/mol. The van der Waals surface area contributed by atoms with Gasteiger partial charge in [-0.25, -0.2) is 0 Å². The fourth-order valence-electron chi connectivity index (χ4n) is 4.00. The second-order valence-electron chi connectivity index (χ2n) is 8.56. The van der Waals surface area contributed by atoms with E-state index in [0.717, 1.165) is 39.7 Å². The van der Waals surface area contributed by atoms with Crippen LogP contribution in [-0.4, -0.2) is 51.1 Å². The molecule has 0 unspecified atom stereocenters. The average Bonchev–Trinajstić information content (AvgIpc) is 3.33. The summed E-state index contributed by atoms with van der Waals surface area (Å²) in [4.78, 5) is 0. The molecule has 0 radical (unpaired) electrons. The van der Waals surface area contributed by atoms with Gasteiger partial charge >= 0.3 is 0 Å². The molecule has 6 nitrogen and oxygen atoms in total. The number of thioether (sulfide) groups is 1. The summed E-state index contributed by atoms with van der Waals surface area (Å²) in [5.41, 5.74) is 3.32. The maximum Gasteiger partial charge on any atom is 0.118 e. The smallest absolute Gasteiger partial charge is 0.118 e. The van der Waals surface area contributed by atoms with Crippen LogP contribution in [0.15, 0.2) is 72.8 Å². The molecule has 3 aromatic rings. The predicted molar refractivity (Wildman–Crippen MR) is 142 cm³/mol. The van der Waals surface area contributed by atoms with Crippen LogP contribution >= 0.6 is 11.8 Å². The fraction of sp³-hybridized carbons (Fsp3) is 0.379. The molecule has 1 saturated heterocycles. The number of rotatable bonds is 13. The Hall–Kier alpha value is -2.71. The van der Waals surface area contributed by atoms with E-state index in [-0.39, 0.29) is 17.5 Å². The zero-order chi connectivity index (χ0) is 25.2. The highest BCUT2D eigenvalue weighted by Gasteiger charge is 2.38. The second kappa shape index (κ2) is 13.6. The highest BCUT2D eigenvalue weighted by Crippen LogP contribution is 2.33. The van der Waals surface area contributed by atoms with E-state index >= 15 is 0 Å². The molecule has 36 heavy (non-hydrogen) atoms. The first kappa shape index (κ1) is 26.4. The number of benzene rings is 3. The summed E-state index contributed by atoms with van der Waals surface area (Å²) in [7, 11) is 5.01. The quantitative estimate of drug-likeness (QED) is 0.300. The van der Waals surface area contributed by atoms with Crippen molar-refractivity contribution in [3.63, 3.8) is 0 Å². The summed E-state index contributed by atoms with van der Waals surface area (Å²) in [5, 5.41) is 0.183. The minimum atomic E-state index is -0.0776. The van der Waals surface area contributed by atoms with Crippen molar-refractivity contribution >= 4 is 11.8 Å². The topological polar surface area (TPSA) is 55.4 Å². The molecule has 3 atom stereocenters. The van der Waals surface area contributed by atoms with Crippen LogP contribution in [0, 0.1) is 0 Å². The van der Waals surface area contributed by atoms with Gasteiger partial charge in [-0.2, -0.15) is 11.8 Å². The molecule has 7 heteroatoms. The second-order valence-corrected chi connectivity index (χ2v) is 9.83. The summed E-state index contributed by atoms with van der Waals surface area (Å²) in [6.45, 7) is 2.17. The number of hydrogen-bond donors (Lipinski definition) is 0. The van der Waals surface area contributed by atoms with E-state index in [0.29, 0.717) is 26.4 Å². The summed E-state index contributed by atoms with van der Waals surface area (Å²) >= 11 is 1.85. The van der Waals surface area contributed by atoms with Crippen molar-refractivity contribution in [2.75, 3.05) is 33.7 Å². The number of hydrogen-bond acceptors (Lipinski definition) is 7. The van der Waals surface area contributed by atoms with Gasteiger partial charge in [-0.3, -0.25) is 0 Å². The first-order valence-electron chi connectivity index (χ1n) is 12.0. The van der Waals surface area contributed by atoms with Gasteiger partial charge in [-0.15, -0.1) is 0 Å². The van der Waals surface area contributed by atoms with Crippen LogP contribution in [-0.2, 0) is 34.0 Å². The largest absolute Gasteiger partial charge is 0.497 e. The molecule has 0 bridgehead atoms. The van der Waals surface area contributed by atoms with Gasteiger partial charge in [0.2, 0.25) is 0 Å². The van der Waals surface area contributed by atoms with E-state index in [1.54, 1.807) is 21.3 Å². The van der Waals surface area contributed by atoms with Gasteiger partial charge in [0.25, 0.3) is 0 Å². The van der Waals surface area contributed by atoms with Gasteiger partial charge in [0, 0.05) is 5.75 Å². The molecule has 1 heterocycles. The van der Waals surface area contributed by atoms with Crippen LogP contribution in [0.2, 0.25) is 0 Å². The maximum atomic E-state index is 6.44. The first-order chi connectivity index (χ1) is 17.7. The van der Waals surface area contributed by atoms with Crippen LogP contribution in [0.1, 0.15) is 16.7 Å². The molecule has 192 valence electrons. The third kappa shape index (κ3) is 7.40. The zero-order valence-corrected chi connectivity index (χ0v) is 21.9. The van der Waals surface area contributed by atoms with Gasteiger partial charge in [0.15, 0.2) is 0 Å². The van der Waals surface area contributed by atoms with Crippen molar-refractivity contribution in [2.45, 2.75) is 37.3 Å². The Morgan fingerprint density at radius 3 is 1.53 bits per heavy atom. The van der Waals surface area contributed by atoms with Crippen molar-refractivity contribution in [3.8, 4) is 17.2 Å². The van der Waals surface area contributed by atoms with Crippen molar-refractivity contribution in [3.05, 3.63) is 89.5 Å². The average molecular weight is 511 g/mol. The molecule has 0 aromatic heterocycles. The number of methoxy groups -OCH3 is 3. The van der Waals surface area contributed by atoms with Crippen LogP contribution in [0.4, 0.5) is 0 Å². The van der Waals surface area contributed by atoms with Crippen molar-refractivity contribution < 1.29 is 28.4 Å². The molecular formula is C29H34O6S.